The van der Waals surface area contributed by atoms with Crippen LogP contribution in [0.4, 0.5) is 0 Å². The minimum Gasteiger partial charge on any atom is -0.490 e. The summed E-state index contributed by atoms with van der Waals surface area (Å²) in [6, 6.07) is 3.50. The molecule has 0 radical (unpaired) electrons. The van der Waals surface area contributed by atoms with E-state index in [-0.39, 0.29) is 12.3 Å². The van der Waals surface area contributed by atoms with Crippen LogP contribution in [0.5, 0.6) is 11.5 Å². The Balaban J connectivity index is 2.80. The van der Waals surface area contributed by atoms with E-state index in [0.717, 1.165) is 0 Å². The van der Waals surface area contributed by atoms with Gasteiger partial charge in [-0.2, -0.15) is 0 Å². The molecule has 7 heteroatoms. The van der Waals surface area contributed by atoms with E-state index >= 15 is 0 Å². The number of carbonyl (C=O) groups excluding carboxylic acids is 2. The number of carbonyl (C=O) groups is 2. The molecule has 0 heterocycles. The van der Waals surface area contributed by atoms with Gasteiger partial charge in [0.05, 0.1) is 19.6 Å². The van der Waals surface area contributed by atoms with Gasteiger partial charge in [-0.25, -0.2) is 0 Å². The molecule has 138 valence electrons. The Bertz CT molecular complexity index is 618. The standard InChI is InChI=1S/C18H24BrNO5/c1-5-8-20-18(22)12(4)25-17(21)10-13-9-15(23-6-2)16(24-7-3)11-14(13)19/h5,9,11-12H,1,6-8,10H2,2-4H3,(H,20,22)/t12-/m1/s1. The summed E-state index contributed by atoms with van der Waals surface area (Å²) in [5, 5.41) is 2.58. The molecule has 0 aliphatic carbocycles. The molecule has 0 saturated carbocycles. The highest BCUT2D eigenvalue weighted by Crippen LogP contribution is 2.34. The minimum absolute atomic E-state index is 0.00609. The first-order chi connectivity index (χ1) is 11.9. The lowest BCUT2D eigenvalue weighted by Gasteiger charge is -2.15. The molecule has 1 amide bonds. The fourth-order valence-corrected chi connectivity index (χ4v) is 2.48. The molecule has 25 heavy (non-hydrogen) atoms. The van der Waals surface area contributed by atoms with Crippen molar-refractivity contribution in [2.24, 2.45) is 0 Å². The summed E-state index contributed by atoms with van der Waals surface area (Å²) < 4.78 is 17.0. The van der Waals surface area contributed by atoms with Crippen LogP contribution in [-0.4, -0.2) is 37.7 Å². The van der Waals surface area contributed by atoms with Gasteiger partial charge in [0.25, 0.3) is 5.91 Å². The predicted octanol–water partition coefficient (Wildman–Crippen LogP) is 3.02. The number of hydrogen-bond donors (Lipinski definition) is 1. The third-order valence-corrected chi connectivity index (χ3v) is 3.88. The molecule has 0 saturated heterocycles. The average Bonchev–Trinajstić information content (AvgIpc) is 2.56. The van der Waals surface area contributed by atoms with Crippen molar-refractivity contribution in [3.8, 4) is 11.5 Å². The van der Waals surface area contributed by atoms with Crippen LogP contribution in [-0.2, 0) is 20.7 Å². The summed E-state index contributed by atoms with van der Waals surface area (Å²) >= 11 is 3.43. The second-order valence-electron chi connectivity index (χ2n) is 5.10. The van der Waals surface area contributed by atoms with Crippen molar-refractivity contribution in [1.82, 2.24) is 5.32 Å². The maximum absolute atomic E-state index is 12.1. The van der Waals surface area contributed by atoms with E-state index in [1.54, 1.807) is 18.2 Å². The number of ether oxygens (including phenoxy) is 3. The van der Waals surface area contributed by atoms with Gasteiger partial charge in [-0.05, 0) is 38.5 Å². The highest BCUT2D eigenvalue weighted by atomic mass is 79.9. The molecule has 0 spiro atoms. The van der Waals surface area contributed by atoms with Crippen LogP contribution >= 0.6 is 15.9 Å². The largest absolute Gasteiger partial charge is 0.490 e. The van der Waals surface area contributed by atoms with Gasteiger partial charge in [-0.3, -0.25) is 9.59 Å². The van der Waals surface area contributed by atoms with Crippen LogP contribution in [0, 0.1) is 0 Å². The van der Waals surface area contributed by atoms with Crippen molar-refractivity contribution in [3.05, 3.63) is 34.8 Å². The molecule has 0 unspecified atom stereocenters. The van der Waals surface area contributed by atoms with Gasteiger partial charge in [-0.1, -0.05) is 22.0 Å². The molecule has 1 aromatic rings. The summed E-state index contributed by atoms with van der Waals surface area (Å²) in [6.07, 6.45) is 0.686. The van der Waals surface area contributed by atoms with Gasteiger partial charge in [0.15, 0.2) is 17.6 Å². The Kier molecular flexibility index (Phi) is 9.05. The number of halogens is 1. The molecule has 1 rings (SSSR count). The first kappa shape index (κ1) is 21.0. The van der Waals surface area contributed by atoms with Crippen molar-refractivity contribution >= 4 is 27.8 Å². The normalized spacial score (nSPS) is 11.4. The highest BCUT2D eigenvalue weighted by molar-refractivity contribution is 9.10. The zero-order valence-electron chi connectivity index (χ0n) is 14.8. The summed E-state index contributed by atoms with van der Waals surface area (Å²) in [7, 11) is 0. The average molecular weight is 414 g/mol. The third kappa shape index (κ3) is 6.78. The van der Waals surface area contributed by atoms with E-state index in [9.17, 15) is 9.59 Å². The Labute approximate surface area is 156 Å². The maximum atomic E-state index is 12.1. The van der Waals surface area contributed by atoms with Crippen LogP contribution in [0.25, 0.3) is 0 Å². The minimum atomic E-state index is -0.875. The number of hydrogen-bond acceptors (Lipinski definition) is 5. The number of amides is 1. The molecular formula is C18H24BrNO5. The number of benzene rings is 1. The molecule has 0 aromatic heterocycles. The molecular weight excluding hydrogens is 390 g/mol. The van der Waals surface area contributed by atoms with Crippen LogP contribution in [0.15, 0.2) is 29.3 Å². The fourth-order valence-electron chi connectivity index (χ4n) is 2.01. The van der Waals surface area contributed by atoms with E-state index in [2.05, 4.69) is 27.8 Å². The zero-order valence-corrected chi connectivity index (χ0v) is 16.4. The van der Waals surface area contributed by atoms with E-state index in [4.69, 9.17) is 14.2 Å². The van der Waals surface area contributed by atoms with E-state index < -0.39 is 12.1 Å². The number of esters is 1. The first-order valence-corrected chi connectivity index (χ1v) is 8.88. The smallest absolute Gasteiger partial charge is 0.311 e. The summed E-state index contributed by atoms with van der Waals surface area (Å²) in [4.78, 5) is 23.8. The Hall–Kier alpha value is -2.02. The van der Waals surface area contributed by atoms with Gasteiger partial charge in [-0.15, -0.1) is 6.58 Å². The van der Waals surface area contributed by atoms with Crippen LogP contribution in [0.3, 0.4) is 0 Å². The summed E-state index contributed by atoms with van der Waals surface area (Å²) in [5.41, 5.74) is 0.690. The Morgan fingerprint density at radius 1 is 1.24 bits per heavy atom. The number of nitrogens with one attached hydrogen (secondary N) is 1. The Morgan fingerprint density at radius 2 is 1.84 bits per heavy atom. The fraction of sp³-hybridized carbons (Fsp3) is 0.444. The van der Waals surface area contributed by atoms with Gasteiger partial charge in [0.1, 0.15) is 0 Å². The quantitative estimate of drug-likeness (QED) is 0.471. The summed E-state index contributed by atoms with van der Waals surface area (Å²) in [5.74, 6) is 0.292. The van der Waals surface area contributed by atoms with Gasteiger partial charge in [0.2, 0.25) is 0 Å². The molecule has 1 atom stereocenters. The Morgan fingerprint density at radius 3 is 2.40 bits per heavy atom. The zero-order chi connectivity index (χ0) is 18.8. The SMILES string of the molecule is C=CCNC(=O)[C@@H](C)OC(=O)Cc1cc(OCC)c(OCC)cc1Br. The van der Waals surface area contributed by atoms with E-state index in [1.807, 2.05) is 13.8 Å². The molecule has 6 nitrogen and oxygen atoms in total. The maximum Gasteiger partial charge on any atom is 0.311 e. The van der Waals surface area contributed by atoms with Crippen molar-refractivity contribution in [3.63, 3.8) is 0 Å². The van der Waals surface area contributed by atoms with Crippen LogP contribution < -0.4 is 14.8 Å². The molecule has 0 aliphatic rings. The molecule has 0 bridgehead atoms. The van der Waals surface area contributed by atoms with Crippen molar-refractivity contribution in [2.75, 3.05) is 19.8 Å². The van der Waals surface area contributed by atoms with Crippen molar-refractivity contribution in [1.29, 1.82) is 0 Å². The molecule has 0 aliphatic heterocycles. The van der Waals surface area contributed by atoms with Gasteiger partial charge < -0.3 is 19.5 Å². The van der Waals surface area contributed by atoms with E-state index in [1.165, 1.54) is 6.92 Å². The lowest BCUT2D eigenvalue weighted by molar-refractivity contribution is -0.154. The van der Waals surface area contributed by atoms with Crippen molar-refractivity contribution < 1.29 is 23.8 Å². The predicted molar refractivity (Wildman–Crippen MR) is 98.9 cm³/mol. The second kappa shape index (κ2) is 10.8. The first-order valence-electron chi connectivity index (χ1n) is 8.08. The molecule has 1 aromatic carbocycles. The molecule has 1 N–H and O–H groups in total. The monoisotopic (exact) mass is 413 g/mol. The van der Waals surface area contributed by atoms with Crippen LogP contribution in [0.1, 0.15) is 26.3 Å². The highest BCUT2D eigenvalue weighted by Gasteiger charge is 2.19. The lowest BCUT2D eigenvalue weighted by Crippen LogP contribution is -2.36. The lowest BCUT2D eigenvalue weighted by atomic mass is 10.1. The number of rotatable bonds is 10. The van der Waals surface area contributed by atoms with Crippen LogP contribution in [0.2, 0.25) is 0 Å². The molecule has 0 fully saturated rings. The summed E-state index contributed by atoms with van der Waals surface area (Å²) in [6.45, 7) is 10.1. The topological polar surface area (TPSA) is 73.9 Å². The van der Waals surface area contributed by atoms with Gasteiger partial charge in [0, 0.05) is 11.0 Å². The van der Waals surface area contributed by atoms with Crippen molar-refractivity contribution in [2.45, 2.75) is 33.3 Å². The van der Waals surface area contributed by atoms with E-state index in [0.29, 0.717) is 41.3 Å². The second-order valence-corrected chi connectivity index (χ2v) is 5.95. The third-order valence-electron chi connectivity index (χ3n) is 3.15. The van der Waals surface area contributed by atoms with Gasteiger partial charge >= 0.3 is 5.97 Å².